The van der Waals surface area contributed by atoms with Gasteiger partial charge in [0.2, 0.25) is 5.91 Å². The number of carboxylic acids is 2. The van der Waals surface area contributed by atoms with E-state index in [1.165, 1.54) is 17.1 Å². The van der Waals surface area contributed by atoms with Crippen molar-refractivity contribution in [2.24, 2.45) is 5.16 Å². The first kappa shape index (κ1) is 34.8. The van der Waals surface area contributed by atoms with Crippen LogP contribution in [0.4, 0.5) is 18.3 Å². The number of thiazole rings is 1. The van der Waals surface area contributed by atoms with Gasteiger partial charge in [0, 0.05) is 29.8 Å². The van der Waals surface area contributed by atoms with Crippen LogP contribution in [0.1, 0.15) is 17.7 Å². The molecule has 3 amide bonds. The van der Waals surface area contributed by atoms with Crippen molar-refractivity contribution >= 4 is 63.6 Å². The van der Waals surface area contributed by atoms with E-state index in [4.69, 9.17) is 20.4 Å². The van der Waals surface area contributed by atoms with Crippen molar-refractivity contribution in [3.8, 4) is 5.75 Å². The summed E-state index contributed by atoms with van der Waals surface area (Å²) in [6.45, 7) is 0.888. The van der Waals surface area contributed by atoms with Crippen LogP contribution in [0, 0.1) is 0 Å². The molecule has 20 heteroatoms. The maximum absolute atomic E-state index is 13.1. The predicted molar refractivity (Wildman–Crippen MR) is 159 cm³/mol. The number of nitrogens with zero attached hydrogens (tertiary/aromatic N) is 4. The zero-order chi connectivity index (χ0) is 34.6. The van der Waals surface area contributed by atoms with Crippen LogP contribution < -0.4 is 15.8 Å². The number of hydrogen-bond acceptors (Lipinski definition) is 12. The maximum Gasteiger partial charge on any atom is 0.490 e. The van der Waals surface area contributed by atoms with Gasteiger partial charge in [0.05, 0.1) is 7.11 Å². The summed E-state index contributed by atoms with van der Waals surface area (Å²) in [7, 11) is 1.58. The molecule has 5 rings (SSSR count). The lowest BCUT2D eigenvalue weighted by atomic mass is 10.0. The molecular weight excluding hydrogens is 673 g/mol. The number of allylic oxidation sites excluding steroid dienone is 1. The highest BCUT2D eigenvalue weighted by Gasteiger charge is 2.54. The minimum absolute atomic E-state index is 0.0460. The number of likely N-dealkylation sites (tertiary alicyclic amines) is 1. The van der Waals surface area contributed by atoms with Crippen LogP contribution in [0.15, 0.2) is 57.7 Å². The molecule has 3 aliphatic heterocycles. The number of aromatic nitrogens is 1. The Kier molecular flexibility index (Phi) is 10.4. The Bertz CT molecular complexity index is 1690. The number of anilines is 1. The first-order valence-corrected chi connectivity index (χ1v) is 15.2. The van der Waals surface area contributed by atoms with Crippen LogP contribution in [0.5, 0.6) is 5.75 Å². The van der Waals surface area contributed by atoms with Gasteiger partial charge in [0.1, 0.15) is 28.6 Å². The van der Waals surface area contributed by atoms with Gasteiger partial charge < -0.3 is 36.1 Å². The second-order valence-corrected chi connectivity index (χ2v) is 11.9. The zero-order valence-corrected chi connectivity index (χ0v) is 25.7. The third kappa shape index (κ3) is 7.65. The standard InChI is InChI=1S/C25H24N6O7S2.C2HF3O2/c1-38-15-4-2-12(3-5-15)9-30-7-6-13(21(30)33)8-14-10-39-23-18(22(34)31(23)19(14)24(35)36)28-20(32)17(29-37)16-11-40-25(26)27-16;3-2(4,5)1(6)7/h2-5,8,11,18,23,37H,6-7,9-10H2,1H3,(H2,26,27)(H,28,32)(H,35,36);(H,6,7)/b13-8+,29-17-;/t18-,23-;/m1./s1. The largest absolute Gasteiger partial charge is 0.497 e. The first-order valence-electron chi connectivity index (χ1n) is 13.2. The highest BCUT2D eigenvalue weighted by molar-refractivity contribution is 8.00. The van der Waals surface area contributed by atoms with E-state index in [0.29, 0.717) is 36.4 Å². The number of amides is 3. The fourth-order valence-electron chi connectivity index (χ4n) is 4.69. The molecule has 15 nitrogen and oxygen atoms in total. The third-order valence-corrected chi connectivity index (χ3v) is 8.88. The van der Waals surface area contributed by atoms with Crippen molar-refractivity contribution in [3.05, 3.63) is 63.8 Å². The molecule has 1 aromatic carbocycles. The summed E-state index contributed by atoms with van der Waals surface area (Å²) in [6.07, 6.45) is -3.08. The van der Waals surface area contributed by atoms with Crippen LogP contribution in [0.2, 0.25) is 0 Å². The summed E-state index contributed by atoms with van der Waals surface area (Å²) >= 11 is 2.31. The first-order chi connectivity index (χ1) is 22.2. The molecular formula is C27H25F3N6O9S2. The van der Waals surface area contributed by atoms with E-state index >= 15 is 0 Å². The molecule has 0 bridgehead atoms. The number of β-lactam (4-membered cyclic amide) rings is 1. The number of carboxylic acid groups (broad SMARTS) is 2. The number of aliphatic carboxylic acids is 2. The van der Waals surface area contributed by atoms with E-state index in [2.05, 4.69) is 15.5 Å². The highest BCUT2D eigenvalue weighted by Crippen LogP contribution is 2.41. The molecule has 2 aromatic rings. The number of nitrogen functional groups attached to an aromatic ring is 1. The third-order valence-electron chi connectivity index (χ3n) is 6.90. The number of carbonyl (C=O) groups is 5. The molecule has 0 spiro atoms. The highest BCUT2D eigenvalue weighted by atomic mass is 32.2. The number of thioether (sulfide) groups is 1. The Morgan fingerprint density at radius 2 is 1.87 bits per heavy atom. The molecule has 0 unspecified atom stereocenters. The number of oxime groups is 1. The lowest BCUT2D eigenvalue weighted by molar-refractivity contribution is -0.192. The molecule has 2 atom stereocenters. The summed E-state index contributed by atoms with van der Waals surface area (Å²) in [6, 6.07) is 6.35. The van der Waals surface area contributed by atoms with E-state index in [9.17, 15) is 42.7 Å². The van der Waals surface area contributed by atoms with Crippen molar-refractivity contribution in [3.63, 3.8) is 0 Å². The van der Waals surface area contributed by atoms with E-state index < -0.39 is 47.1 Å². The van der Waals surface area contributed by atoms with Gasteiger partial charge in [-0.3, -0.25) is 19.3 Å². The Balaban J connectivity index is 0.000000644. The molecule has 3 aliphatic rings. The number of benzene rings is 1. The minimum atomic E-state index is -5.08. The number of alkyl halides is 3. The van der Waals surface area contributed by atoms with Crippen molar-refractivity contribution in [1.82, 2.24) is 20.1 Å². The van der Waals surface area contributed by atoms with E-state index in [1.807, 2.05) is 24.3 Å². The average Bonchev–Trinajstić information content (AvgIpc) is 3.60. The number of rotatable bonds is 8. The zero-order valence-electron chi connectivity index (χ0n) is 24.1. The van der Waals surface area contributed by atoms with Gasteiger partial charge in [0.15, 0.2) is 10.8 Å². The van der Waals surface area contributed by atoms with Gasteiger partial charge in [-0.15, -0.1) is 23.1 Å². The number of fused-ring (bicyclic) bond motifs is 1. The van der Waals surface area contributed by atoms with Crippen LogP contribution >= 0.6 is 23.1 Å². The lowest BCUT2D eigenvalue weighted by Crippen LogP contribution is -2.71. The van der Waals surface area contributed by atoms with Crippen molar-refractivity contribution < 1.29 is 57.3 Å². The Labute approximate surface area is 271 Å². The van der Waals surface area contributed by atoms with Crippen LogP contribution in [0.25, 0.3) is 0 Å². The van der Waals surface area contributed by atoms with Crippen LogP contribution in [-0.2, 0) is 30.5 Å². The molecule has 2 saturated heterocycles. The number of carbonyl (C=O) groups excluding carboxylic acids is 3. The molecule has 2 fully saturated rings. The van der Waals surface area contributed by atoms with Crippen molar-refractivity contribution in [2.45, 2.75) is 30.6 Å². The van der Waals surface area contributed by atoms with Crippen LogP contribution in [-0.4, -0.2) is 103 Å². The normalized spacial score (nSPS) is 20.3. The molecule has 0 aliphatic carbocycles. The predicted octanol–water partition coefficient (Wildman–Crippen LogP) is 1.64. The number of nitrogens with one attached hydrogen (secondary N) is 1. The Morgan fingerprint density at radius 3 is 2.40 bits per heavy atom. The topological polar surface area (TPSA) is 225 Å². The minimum Gasteiger partial charge on any atom is -0.497 e. The number of ether oxygens (including phenoxy) is 1. The van der Waals surface area contributed by atoms with Crippen molar-refractivity contribution in [2.75, 3.05) is 25.1 Å². The maximum atomic E-state index is 13.1. The smallest absolute Gasteiger partial charge is 0.490 e. The molecule has 0 saturated carbocycles. The summed E-state index contributed by atoms with van der Waals surface area (Å²) in [4.78, 5) is 66.6. The van der Waals surface area contributed by atoms with Crippen LogP contribution in [0.3, 0.4) is 0 Å². The average molecular weight is 699 g/mol. The lowest BCUT2D eigenvalue weighted by Gasteiger charge is -2.49. The second kappa shape index (κ2) is 14.1. The Hall–Kier alpha value is -5.11. The molecule has 4 heterocycles. The van der Waals surface area contributed by atoms with Gasteiger partial charge in [-0.05, 0) is 35.8 Å². The number of hydrogen-bond donors (Lipinski definition) is 5. The van der Waals surface area contributed by atoms with E-state index in [-0.39, 0.29) is 28.2 Å². The fraction of sp³-hybridized carbons (Fsp3) is 0.296. The quantitative estimate of drug-likeness (QED) is 0.0873. The van der Waals surface area contributed by atoms with Gasteiger partial charge in [0.25, 0.3) is 11.8 Å². The molecule has 250 valence electrons. The van der Waals surface area contributed by atoms with Gasteiger partial charge in [-0.25, -0.2) is 14.6 Å². The second-order valence-electron chi connectivity index (χ2n) is 9.86. The van der Waals surface area contributed by atoms with Gasteiger partial charge in [-0.1, -0.05) is 17.3 Å². The van der Waals surface area contributed by atoms with Gasteiger partial charge in [-0.2, -0.15) is 13.2 Å². The fourth-order valence-corrected chi connectivity index (χ4v) is 6.54. The Morgan fingerprint density at radius 1 is 1.21 bits per heavy atom. The summed E-state index contributed by atoms with van der Waals surface area (Å²) in [5.41, 5.74) is 6.72. The van der Waals surface area contributed by atoms with E-state index in [0.717, 1.165) is 21.8 Å². The molecule has 6 N–H and O–H groups in total. The van der Waals surface area contributed by atoms with E-state index in [1.54, 1.807) is 18.1 Å². The number of methoxy groups -OCH3 is 1. The molecule has 1 aromatic heterocycles. The summed E-state index contributed by atoms with van der Waals surface area (Å²) < 4.78 is 36.9. The summed E-state index contributed by atoms with van der Waals surface area (Å²) in [5, 5.41) is 32.8. The van der Waals surface area contributed by atoms with Gasteiger partial charge >= 0.3 is 18.1 Å². The van der Waals surface area contributed by atoms with Crippen molar-refractivity contribution in [1.29, 1.82) is 0 Å². The number of nitrogens with two attached hydrogens (primary N) is 1. The SMILES string of the molecule is COc1ccc(CN2CC/C(=C\C3=C(C(=O)O)N4C(=O)[C@@H](NC(=O)/C(=N\O)c5csc(N)n5)[C@H]4SC3)C2=O)cc1.O=C(O)C(F)(F)F. The molecule has 47 heavy (non-hydrogen) atoms. The molecule has 0 radical (unpaired) electrons. The summed E-state index contributed by atoms with van der Waals surface area (Å²) in [5.74, 6) is -4.83. The monoisotopic (exact) mass is 698 g/mol. The number of halogens is 3.